The van der Waals surface area contributed by atoms with Gasteiger partial charge in [-0.25, -0.2) is 0 Å². The summed E-state index contributed by atoms with van der Waals surface area (Å²) in [6.45, 7) is 5.36. The van der Waals surface area contributed by atoms with Crippen LogP contribution in [0.2, 0.25) is 0 Å². The van der Waals surface area contributed by atoms with Crippen molar-refractivity contribution in [1.29, 1.82) is 0 Å². The second-order valence-corrected chi connectivity index (χ2v) is 4.38. The van der Waals surface area contributed by atoms with Crippen molar-refractivity contribution in [2.24, 2.45) is 0 Å². The van der Waals surface area contributed by atoms with Crippen molar-refractivity contribution in [2.75, 3.05) is 13.7 Å². The average molecular weight is 278 g/mol. The van der Waals surface area contributed by atoms with E-state index in [1.165, 1.54) is 13.2 Å². The molecule has 0 bridgehead atoms. The molecule has 1 aliphatic heterocycles. The Kier molecular flexibility index (Phi) is 4.20. The van der Waals surface area contributed by atoms with E-state index in [0.29, 0.717) is 17.3 Å². The van der Waals surface area contributed by atoms with Crippen LogP contribution in [0.5, 0.6) is 11.5 Å². The molecule has 1 fully saturated rings. The molecule has 2 atom stereocenters. The second-order valence-electron chi connectivity index (χ2n) is 4.38. The van der Waals surface area contributed by atoms with Gasteiger partial charge in [0.1, 0.15) is 0 Å². The molecule has 1 aromatic carbocycles. The molecule has 5 heteroatoms. The lowest BCUT2D eigenvalue weighted by atomic mass is 10.0. The van der Waals surface area contributed by atoms with Gasteiger partial charge in [0.25, 0.3) is 0 Å². The van der Waals surface area contributed by atoms with Crippen molar-refractivity contribution in [2.45, 2.75) is 19.1 Å². The number of hydrogen-bond acceptors (Lipinski definition) is 5. The first-order valence-electron chi connectivity index (χ1n) is 6.27. The van der Waals surface area contributed by atoms with Gasteiger partial charge >= 0.3 is 0 Å². The van der Waals surface area contributed by atoms with Gasteiger partial charge in [0.05, 0.1) is 13.7 Å². The SMILES string of the molecule is C=C1OC(CO)C(c2ccc(O)c(OC)c2)O/C1=C/C. The van der Waals surface area contributed by atoms with E-state index in [4.69, 9.17) is 14.2 Å². The number of allylic oxidation sites excluding steroid dienone is 1. The molecule has 0 radical (unpaired) electrons. The third-order valence-corrected chi connectivity index (χ3v) is 3.13. The first kappa shape index (κ1) is 14.3. The minimum Gasteiger partial charge on any atom is -0.504 e. The minimum atomic E-state index is -0.555. The summed E-state index contributed by atoms with van der Waals surface area (Å²) in [4.78, 5) is 0. The summed E-state index contributed by atoms with van der Waals surface area (Å²) >= 11 is 0. The lowest BCUT2D eigenvalue weighted by Crippen LogP contribution is -2.32. The minimum absolute atomic E-state index is 0.0455. The van der Waals surface area contributed by atoms with Gasteiger partial charge in [0.15, 0.2) is 35.2 Å². The largest absolute Gasteiger partial charge is 0.504 e. The molecule has 1 saturated heterocycles. The standard InChI is InChI=1S/C15H18O5/c1-4-12-9(2)19-14(8-16)15(20-12)10-5-6-11(17)13(7-10)18-3/h4-7,14-17H,2,8H2,1,3H3/b12-4+. The maximum atomic E-state index is 9.62. The molecule has 0 saturated carbocycles. The molecule has 2 rings (SSSR count). The van der Waals surface area contributed by atoms with Gasteiger partial charge < -0.3 is 24.4 Å². The number of rotatable bonds is 3. The second kappa shape index (κ2) is 5.88. The van der Waals surface area contributed by atoms with E-state index in [9.17, 15) is 10.2 Å². The van der Waals surface area contributed by atoms with Crippen LogP contribution in [0.15, 0.2) is 42.4 Å². The average Bonchev–Trinajstić information content (AvgIpc) is 2.47. The smallest absolute Gasteiger partial charge is 0.163 e. The first-order chi connectivity index (χ1) is 9.60. The zero-order chi connectivity index (χ0) is 14.7. The van der Waals surface area contributed by atoms with Crippen LogP contribution in [0, 0.1) is 0 Å². The Morgan fingerprint density at radius 1 is 1.40 bits per heavy atom. The monoisotopic (exact) mass is 278 g/mol. The number of aliphatic hydroxyl groups is 1. The number of ether oxygens (including phenoxy) is 3. The molecule has 0 spiro atoms. The Labute approximate surface area is 117 Å². The van der Waals surface area contributed by atoms with Gasteiger partial charge in [-0.2, -0.15) is 0 Å². The Balaban J connectivity index is 2.35. The van der Waals surface area contributed by atoms with E-state index < -0.39 is 12.2 Å². The van der Waals surface area contributed by atoms with Crippen LogP contribution in [0.3, 0.4) is 0 Å². The highest BCUT2D eigenvalue weighted by Crippen LogP contribution is 2.38. The van der Waals surface area contributed by atoms with Crippen molar-refractivity contribution in [3.8, 4) is 11.5 Å². The number of aromatic hydroxyl groups is 1. The van der Waals surface area contributed by atoms with Gasteiger partial charge in [-0.1, -0.05) is 12.6 Å². The van der Waals surface area contributed by atoms with Gasteiger partial charge in [0, 0.05) is 5.56 Å². The van der Waals surface area contributed by atoms with E-state index in [-0.39, 0.29) is 12.4 Å². The highest BCUT2D eigenvalue weighted by atomic mass is 16.6. The van der Waals surface area contributed by atoms with E-state index in [1.54, 1.807) is 18.2 Å². The number of aliphatic hydroxyl groups excluding tert-OH is 1. The van der Waals surface area contributed by atoms with Gasteiger partial charge in [-0.15, -0.1) is 0 Å². The van der Waals surface area contributed by atoms with Crippen molar-refractivity contribution < 1.29 is 24.4 Å². The third kappa shape index (κ3) is 2.58. The predicted octanol–water partition coefficient (Wildman–Crippen LogP) is 2.27. The molecule has 108 valence electrons. The molecular formula is C15H18O5. The molecule has 1 heterocycles. The lowest BCUT2D eigenvalue weighted by Gasteiger charge is -2.34. The van der Waals surface area contributed by atoms with Crippen molar-refractivity contribution in [3.63, 3.8) is 0 Å². The van der Waals surface area contributed by atoms with Crippen LogP contribution in [0.1, 0.15) is 18.6 Å². The summed E-state index contributed by atoms with van der Waals surface area (Å²) < 4.78 is 16.5. The van der Waals surface area contributed by atoms with Crippen molar-refractivity contribution in [3.05, 3.63) is 47.9 Å². The maximum absolute atomic E-state index is 9.62. The van der Waals surface area contributed by atoms with Crippen LogP contribution in [0.25, 0.3) is 0 Å². The quantitative estimate of drug-likeness (QED) is 0.887. The Bertz CT molecular complexity index is 535. The predicted molar refractivity (Wildman–Crippen MR) is 73.3 cm³/mol. The Morgan fingerprint density at radius 3 is 2.75 bits per heavy atom. The molecule has 2 N–H and O–H groups in total. The summed E-state index contributed by atoms with van der Waals surface area (Å²) in [6.07, 6.45) is 0.701. The number of benzene rings is 1. The van der Waals surface area contributed by atoms with E-state index in [2.05, 4.69) is 6.58 Å². The molecule has 0 aliphatic carbocycles. The molecule has 5 nitrogen and oxygen atoms in total. The summed E-state index contributed by atoms with van der Waals surface area (Å²) in [5, 5.41) is 19.1. The van der Waals surface area contributed by atoms with Gasteiger partial charge in [-0.3, -0.25) is 0 Å². The van der Waals surface area contributed by atoms with E-state index in [1.807, 2.05) is 6.92 Å². The number of methoxy groups -OCH3 is 1. The van der Waals surface area contributed by atoms with Gasteiger partial charge in [-0.05, 0) is 25.1 Å². The fourth-order valence-corrected chi connectivity index (χ4v) is 2.10. The summed E-state index contributed by atoms with van der Waals surface area (Å²) in [6, 6.07) is 4.88. The van der Waals surface area contributed by atoms with E-state index >= 15 is 0 Å². The maximum Gasteiger partial charge on any atom is 0.163 e. The topological polar surface area (TPSA) is 68.2 Å². The molecule has 2 unspecified atom stereocenters. The molecule has 20 heavy (non-hydrogen) atoms. The summed E-state index contributed by atoms with van der Waals surface area (Å²) in [7, 11) is 1.47. The van der Waals surface area contributed by atoms with Crippen molar-refractivity contribution >= 4 is 0 Å². The normalized spacial score (nSPS) is 24.1. The molecule has 0 amide bonds. The number of phenols is 1. The van der Waals surface area contributed by atoms with Crippen LogP contribution in [0.4, 0.5) is 0 Å². The molecule has 1 aliphatic rings. The molecular weight excluding hydrogens is 260 g/mol. The fraction of sp³-hybridized carbons (Fsp3) is 0.333. The lowest BCUT2D eigenvalue weighted by molar-refractivity contribution is -0.0891. The zero-order valence-corrected chi connectivity index (χ0v) is 11.5. The molecule has 0 aromatic heterocycles. The third-order valence-electron chi connectivity index (χ3n) is 3.13. The first-order valence-corrected chi connectivity index (χ1v) is 6.27. The Hall–Kier alpha value is -2.14. The fourth-order valence-electron chi connectivity index (χ4n) is 2.10. The zero-order valence-electron chi connectivity index (χ0n) is 11.5. The van der Waals surface area contributed by atoms with E-state index in [0.717, 1.165) is 5.56 Å². The number of hydrogen-bond donors (Lipinski definition) is 2. The van der Waals surface area contributed by atoms with Crippen LogP contribution in [-0.4, -0.2) is 30.0 Å². The van der Waals surface area contributed by atoms with Crippen LogP contribution >= 0.6 is 0 Å². The van der Waals surface area contributed by atoms with Crippen LogP contribution in [-0.2, 0) is 9.47 Å². The van der Waals surface area contributed by atoms with Gasteiger partial charge in [0.2, 0.25) is 0 Å². The highest BCUT2D eigenvalue weighted by molar-refractivity contribution is 5.43. The van der Waals surface area contributed by atoms with Crippen LogP contribution < -0.4 is 4.74 Å². The summed E-state index contributed by atoms with van der Waals surface area (Å²) in [5.74, 6) is 1.32. The molecule has 1 aromatic rings. The van der Waals surface area contributed by atoms with Crippen molar-refractivity contribution in [1.82, 2.24) is 0 Å². The Morgan fingerprint density at radius 2 is 2.15 bits per heavy atom. The summed E-state index contributed by atoms with van der Waals surface area (Å²) in [5.41, 5.74) is 0.741. The highest BCUT2D eigenvalue weighted by Gasteiger charge is 2.33. The number of phenolic OH excluding ortho intramolecular Hbond substituents is 1.